The third-order valence-electron chi connectivity index (χ3n) is 2.60. The number of methoxy groups -OCH3 is 2. The molecule has 0 heterocycles. The van der Waals surface area contributed by atoms with E-state index >= 15 is 0 Å². The number of nitrogens with one attached hydrogen (secondary N) is 1. The minimum atomic E-state index is 0.0880. The van der Waals surface area contributed by atoms with Crippen molar-refractivity contribution in [2.45, 2.75) is 19.6 Å². The Hall–Kier alpha value is -1.10. The first-order valence-electron chi connectivity index (χ1n) is 6.24. The first kappa shape index (κ1) is 15.0. The van der Waals surface area contributed by atoms with Gasteiger partial charge < -0.3 is 19.5 Å². The zero-order chi connectivity index (χ0) is 13.2. The molecular weight excluding hydrogens is 230 g/mol. The van der Waals surface area contributed by atoms with Crippen LogP contribution >= 0.6 is 0 Å². The molecule has 0 aromatic heterocycles. The van der Waals surface area contributed by atoms with Crippen molar-refractivity contribution in [3.05, 3.63) is 29.8 Å². The van der Waals surface area contributed by atoms with Crippen LogP contribution in [0.4, 0.5) is 0 Å². The average molecular weight is 253 g/mol. The maximum absolute atomic E-state index is 5.46. The van der Waals surface area contributed by atoms with Crippen molar-refractivity contribution in [2.75, 3.05) is 34.0 Å². The molecular formula is C14H23NO3. The van der Waals surface area contributed by atoms with Crippen LogP contribution in [0.15, 0.2) is 24.3 Å². The Morgan fingerprint density at radius 2 is 2.11 bits per heavy atom. The quantitative estimate of drug-likeness (QED) is 0.729. The van der Waals surface area contributed by atoms with Crippen LogP contribution in [0, 0.1) is 0 Å². The highest BCUT2D eigenvalue weighted by molar-refractivity contribution is 5.28. The van der Waals surface area contributed by atoms with Crippen LogP contribution in [0.2, 0.25) is 0 Å². The average Bonchev–Trinajstić information content (AvgIpc) is 2.38. The van der Waals surface area contributed by atoms with E-state index < -0.39 is 0 Å². The van der Waals surface area contributed by atoms with Gasteiger partial charge in [0.15, 0.2) is 0 Å². The van der Waals surface area contributed by atoms with Crippen LogP contribution in [0.3, 0.4) is 0 Å². The Balaban J connectivity index is 2.36. The van der Waals surface area contributed by atoms with Crippen LogP contribution < -0.4 is 10.1 Å². The van der Waals surface area contributed by atoms with Gasteiger partial charge in [0.25, 0.3) is 0 Å². The summed E-state index contributed by atoms with van der Waals surface area (Å²) in [5.41, 5.74) is 1.20. The minimum Gasteiger partial charge on any atom is -0.494 e. The second-order valence-electron chi connectivity index (χ2n) is 4.02. The van der Waals surface area contributed by atoms with E-state index in [1.165, 1.54) is 5.56 Å². The summed E-state index contributed by atoms with van der Waals surface area (Å²) >= 11 is 0. The molecule has 0 amide bonds. The van der Waals surface area contributed by atoms with Crippen LogP contribution in [-0.4, -0.2) is 40.1 Å². The summed E-state index contributed by atoms with van der Waals surface area (Å²) in [7, 11) is 3.37. The van der Waals surface area contributed by atoms with Crippen LogP contribution in [0.5, 0.6) is 5.75 Å². The van der Waals surface area contributed by atoms with Gasteiger partial charge in [-0.05, 0) is 24.6 Å². The van der Waals surface area contributed by atoms with Crippen molar-refractivity contribution >= 4 is 0 Å². The van der Waals surface area contributed by atoms with Gasteiger partial charge in [-0.2, -0.15) is 0 Å². The zero-order valence-corrected chi connectivity index (χ0v) is 11.4. The van der Waals surface area contributed by atoms with Gasteiger partial charge >= 0.3 is 0 Å². The summed E-state index contributed by atoms with van der Waals surface area (Å²) in [5, 5.41) is 3.35. The molecule has 18 heavy (non-hydrogen) atoms. The highest BCUT2D eigenvalue weighted by Crippen LogP contribution is 2.12. The van der Waals surface area contributed by atoms with Crippen molar-refractivity contribution in [1.29, 1.82) is 0 Å². The van der Waals surface area contributed by atoms with Crippen molar-refractivity contribution < 1.29 is 14.2 Å². The molecule has 0 saturated carbocycles. The van der Waals surface area contributed by atoms with Gasteiger partial charge in [0.2, 0.25) is 0 Å². The van der Waals surface area contributed by atoms with Crippen LogP contribution in [0.25, 0.3) is 0 Å². The standard InChI is InChI=1S/C14H23NO3/c1-4-18-13-7-5-6-12(8-13)9-15-10-14(17-3)11-16-2/h5-8,14-15H,4,9-11H2,1-3H3. The molecule has 0 spiro atoms. The van der Waals surface area contributed by atoms with Crippen LogP contribution in [-0.2, 0) is 16.0 Å². The Bertz CT molecular complexity index is 331. The Labute approximate surface area is 109 Å². The summed E-state index contributed by atoms with van der Waals surface area (Å²) in [5.74, 6) is 0.914. The lowest BCUT2D eigenvalue weighted by Gasteiger charge is -2.15. The molecule has 0 saturated heterocycles. The number of rotatable bonds is 9. The van der Waals surface area contributed by atoms with Gasteiger partial charge in [-0.3, -0.25) is 0 Å². The van der Waals surface area contributed by atoms with Crippen molar-refractivity contribution in [3.8, 4) is 5.75 Å². The lowest BCUT2D eigenvalue weighted by molar-refractivity contribution is 0.0288. The van der Waals surface area contributed by atoms with Gasteiger partial charge in [0.1, 0.15) is 5.75 Å². The SMILES string of the molecule is CCOc1cccc(CNCC(COC)OC)c1. The van der Waals surface area contributed by atoms with Crippen molar-refractivity contribution in [1.82, 2.24) is 5.32 Å². The highest BCUT2D eigenvalue weighted by atomic mass is 16.5. The van der Waals surface area contributed by atoms with E-state index in [0.717, 1.165) is 18.8 Å². The van der Waals surface area contributed by atoms with Gasteiger partial charge in [0.05, 0.1) is 19.3 Å². The van der Waals surface area contributed by atoms with Gasteiger partial charge in [-0.15, -0.1) is 0 Å². The molecule has 4 nitrogen and oxygen atoms in total. The summed E-state index contributed by atoms with van der Waals surface area (Å²) in [6.07, 6.45) is 0.0880. The second-order valence-corrected chi connectivity index (χ2v) is 4.02. The van der Waals surface area contributed by atoms with E-state index in [2.05, 4.69) is 17.4 Å². The second kappa shape index (κ2) is 8.91. The lowest BCUT2D eigenvalue weighted by atomic mass is 10.2. The van der Waals surface area contributed by atoms with E-state index in [0.29, 0.717) is 13.2 Å². The van der Waals surface area contributed by atoms with E-state index in [-0.39, 0.29) is 6.10 Å². The number of hydrogen-bond donors (Lipinski definition) is 1. The smallest absolute Gasteiger partial charge is 0.119 e. The van der Waals surface area contributed by atoms with E-state index in [4.69, 9.17) is 14.2 Å². The monoisotopic (exact) mass is 253 g/mol. The minimum absolute atomic E-state index is 0.0880. The normalized spacial score (nSPS) is 12.4. The molecule has 1 rings (SSSR count). The molecule has 0 aliphatic heterocycles. The molecule has 1 atom stereocenters. The molecule has 0 aliphatic carbocycles. The van der Waals surface area contributed by atoms with Crippen LogP contribution in [0.1, 0.15) is 12.5 Å². The van der Waals surface area contributed by atoms with E-state index in [9.17, 15) is 0 Å². The molecule has 1 aromatic rings. The van der Waals surface area contributed by atoms with E-state index in [1.54, 1.807) is 14.2 Å². The van der Waals surface area contributed by atoms with Crippen molar-refractivity contribution in [3.63, 3.8) is 0 Å². The summed E-state index contributed by atoms with van der Waals surface area (Å²) in [6.45, 7) is 4.84. The maximum Gasteiger partial charge on any atom is 0.119 e. The number of ether oxygens (including phenoxy) is 3. The van der Waals surface area contributed by atoms with Gasteiger partial charge in [-0.25, -0.2) is 0 Å². The first-order valence-corrected chi connectivity index (χ1v) is 6.24. The van der Waals surface area contributed by atoms with E-state index in [1.807, 2.05) is 19.1 Å². The summed E-state index contributed by atoms with van der Waals surface area (Å²) in [4.78, 5) is 0. The molecule has 102 valence electrons. The topological polar surface area (TPSA) is 39.7 Å². The predicted octanol–water partition coefficient (Wildman–Crippen LogP) is 1.84. The fourth-order valence-corrected chi connectivity index (χ4v) is 1.69. The predicted molar refractivity (Wildman–Crippen MR) is 72.0 cm³/mol. The molecule has 1 N–H and O–H groups in total. The lowest BCUT2D eigenvalue weighted by Crippen LogP contribution is -2.31. The molecule has 0 bridgehead atoms. The third kappa shape index (κ3) is 5.49. The fraction of sp³-hybridized carbons (Fsp3) is 0.571. The summed E-state index contributed by atoms with van der Waals surface area (Å²) < 4.78 is 15.8. The Morgan fingerprint density at radius 3 is 2.78 bits per heavy atom. The molecule has 0 aliphatic rings. The van der Waals surface area contributed by atoms with Crippen molar-refractivity contribution in [2.24, 2.45) is 0 Å². The van der Waals surface area contributed by atoms with Gasteiger partial charge in [-0.1, -0.05) is 12.1 Å². The molecule has 1 aromatic carbocycles. The first-order chi connectivity index (χ1) is 8.80. The Morgan fingerprint density at radius 1 is 1.28 bits per heavy atom. The fourth-order valence-electron chi connectivity index (χ4n) is 1.69. The molecule has 0 fully saturated rings. The number of hydrogen-bond acceptors (Lipinski definition) is 4. The highest BCUT2D eigenvalue weighted by Gasteiger charge is 2.05. The maximum atomic E-state index is 5.46. The van der Waals surface area contributed by atoms with Gasteiger partial charge in [0, 0.05) is 27.3 Å². The summed E-state index contributed by atoms with van der Waals surface area (Å²) in [6, 6.07) is 8.10. The molecule has 4 heteroatoms. The Kier molecular flexibility index (Phi) is 7.41. The molecule has 0 radical (unpaired) electrons. The third-order valence-corrected chi connectivity index (χ3v) is 2.60. The largest absolute Gasteiger partial charge is 0.494 e. The molecule has 1 unspecified atom stereocenters. The zero-order valence-electron chi connectivity index (χ0n) is 11.4. The number of benzene rings is 1.